The van der Waals surface area contributed by atoms with E-state index in [1.807, 2.05) is 6.92 Å². The van der Waals surface area contributed by atoms with Crippen LogP contribution in [0.1, 0.15) is 220 Å². The molecule has 3 nitrogen and oxygen atoms in total. The van der Waals surface area contributed by atoms with E-state index in [2.05, 4.69) is 18.7 Å². The number of carbonyl (C=O) groups excluding carboxylic acids is 1. The van der Waals surface area contributed by atoms with Crippen molar-refractivity contribution < 1.29 is 28.8 Å². The molecule has 0 aliphatic heterocycles. The van der Waals surface area contributed by atoms with Crippen molar-refractivity contribution in [1.82, 2.24) is 4.90 Å². The molecule has 0 amide bonds. The van der Waals surface area contributed by atoms with Crippen LogP contribution in [0, 0.1) is 0 Å². The molecular formula is C38H76LiNO2. The van der Waals surface area contributed by atoms with Crippen LogP contribution < -0.4 is 24.0 Å². The van der Waals surface area contributed by atoms with Gasteiger partial charge in [-0.25, -0.2) is 0 Å². The van der Waals surface area contributed by atoms with Gasteiger partial charge in [-0.2, -0.15) is 0 Å². The van der Waals surface area contributed by atoms with E-state index >= 15 is 0 Å². The Labute approximate surface area is 277 Å². The minimum atomic E-state index is -0.880. The van der Waals surface area contributed by atoms with Gasteiger partial charge < -0.3 is 9.90 Å². The van der Waals surface area contributed by atoms with Gasteiger partial charge in [-0.15, -0.1) is 0 Å². The smallest absolute Gasteiger partial charge is 0.548 e. The zero-order valence-corrected chi connectivity index (χ0v) is 29.7. The first-order valence-corrected chi connectivity index (χ1v) is 19.1. The summed E-state index contributed by atoms with van der Waals surface area (Å²) >= 11 is 0. The molecule has 1 unspecified atom stereocenters. The first kappa shape index (κ1) is 44.2. The molecule has 0 aromatic rings. The number of carboxylic acids is 1. The van der Waals surface area contributed by atoms with E-state index < -0.39 is 12.0 Å². The van der Waals surface area contributed by atoms with E-state index in [0.29, 0.717) is 6.42 Å². The van der Waals surface area contributed by atoms with Crippen LogP contribution >= 0.6 is 0 Å². The summed E-state index contributed by atoms with van der Waals surface area (Å²) in [5, 5.41) is 11.7. The number of hydrogen-bond donors (Lipinski definition) is 0. The van der Waals surface area contributed by atoms with Crippen LogP contribution in [0.2, 0.25) is 0 Å². The molecule has 42 heavy (non-hydrogen) atoms. The number of rotatable bonds is 35. The minimum absolute atomic E-state index is 0. The topological polar surface area (TPSA) is 43.4 Å². The molecule has 0 spiro atoms. The molecule has 246 valence electrons. The molecule has 0 rings (SSSR count). The van der Waals surface area contributed by atoms with Crippen molar-refractivity contribution in [3.05, 3.63) is 0 Å². The standard InChI is InChI=1S/C38H77NO2.Li/c1-4-7-9-11-13-15-17-19-21-23-25-27-29-31-33-35-39(37(6-3)38(40)41)36-34-32-30-28-26-24-22-20-18-16-14-12-10-8-5-2;/h37H,4-36H2,1-3H3,(H,40,41);/q;+1/p-1. The first-order valence-electron chi connectivity index (χ1n) is 19.1. The molecule has 0 N–H and O–H groups in total. The number of aliphatic carboxylic acids is 1. The van der Waals surface area contributed by atoms with E-state index in [1.54, 1.807) is 0 Å². The Balaban J connectivity index is 0. The number of carbonyl (C=O) groups is 1. The molecule has 0 saturated heterocycles. The van der Waals surface area contributed by atoms with E-state index in [0.717, 1.165) is 25.9 Å². The van der Waals surface area contributed by atoms with Crippen LogP contribution in [0.3, 0.4) is 0 Å². The number of nitrogens with zero attached hydrogens (tertiary/aromatic N) is 1. The first-order chi connectivity index (χ1) is 20.2. The molecular weight excluding hydrogens is 509 g/mol. The molecule has 0 aromatic carbocycles. The summed E-state index contributed by atoms with van der Waals surface area (Å²) in [7, 11) is 0. The quantitative estimate of drug-likeness (QED) is 0.0553. The summed E-state index contributed by atoms with van der Waals surface area (Å²) < 4.78 is 0. The maximum absolute atomic E-state index is 11.7. The van der Waals surface area contributed by atoms with Gasteiger partial charge in [-0.1, -0.05) is 201 Å². The summed E-state index contributed by atoms with van der Waals surface area (Å²) in [4.78, 5) is 14.0. The maximum Gasteiger partial charge on any atom is 1.00 e. The van der Waals surface area contributed by atoms with E-state index in [-0.39, 0.29) is 18.9 Å². The Morgan fingerprint density at radius 1 is 0.429 bits per heavy atom. The van der Waals surface area contributed by atoms with Crippen molar-refractivity contribution in [3.8, 4) is 0 Å². The van der Waals surface area contributed by atoms with E-state index in [4.69, 9.17) is 0 Å². The van der Waals surface area contributed by atoms with Crippen LogP contribution in [0.25, 0.3) is 0 Å². The molecule has 0 heterocycles. The molecule has 0 radical (unpaired) electrons. The fourth-order valence-electron chi connectivity index (χ4n) is 6.37. The van der Waals surface area contributed by atoms with Gasteiger partial charge in [0.1, 0.15) is 0 Å². The predicted molar refractivity (Wildman–Crippen MR) is 181 cm³/mol. The summed E-state index contributed by atoms with van der Waals surface area (Å²) in [5.41, 5.74) is 0. The van der Waals surface area contributed by atoms with Crippen molar-refractivity contribution >= 4 is 5.97 Å². The van der Waals surface area contributed by atoms with Gasteiger partial charge in [0.05, 0.1) is 5.97 Å². The van der Waals surface area contributed by atoms with Crippen LogP contribution in [-0.2, 0) is 4.79 Å². The fraction of sp³-hybridized carbons (Fsp3) is 0.974. The fourth-order valence-corrected chi connectivity index (χ4v) is 6.37. The zero-order chi connectivity index (χ0) is 30.1. The van der Waals surface area contributed by atoms with Gasteiger partial charge in [0, 0.05) is 6.04 Å². The second kappa shape index (κ2) is 37.2. The Morgan fingerprint density at radius 2 is 0.643 bits per heavy atom. The molecule has 4 heteroatoms. The number of hydrogen-bond acceptors (Lipinski definition) is 3. The maximum atomic E-state index is 11.7. The third kappa shape index (κ3) is 31.5. The second-order valence-corrected chi connectivity index (χ2v) is 13.2. The van der Waals surface area contributed by atoms with Crippen molar-refractivity contribution in [2.24, 2.45) is 0 Å². The molecule has 0 aliphatic carbocycles. The molecule has 0 fully saturated rings. The van der Waals surface area contributed by atoms with Gasteiger partial charge in [-0.3, -0.25) is 4.90 Å². The van der Waals surface area contributed by atoms with Crippen molar-refractivity contribution in [3.63, 3.8) is 0 Å². The number of carboxylic acid groups (broad SMARTS) is 1. The van der Waals surface area contributed by atoms with Crippen LogP contribution in [0.5, 0.6) is 0 Å². The molecule has 0 aliphatic rings. The average molecular weight is 586 g/mol. The Morgan fingerprint density at radius 3 is 0.833 bits per heavy atom. The van der Waals surface area contributed by atoms with Crippen LogP contribution in [0.4, 0.5) is 0 Å². The van der Waals surface area contributed by atoms with Crippen molar-refractivity contribution in [2.45, 2.75) is 226 Å². The third-order valence-corrected chi connectivity index (χ3v) is 9.20. The SMILES string of the molecule is CCCCCCCCCCCCCCCCCN(CCCCCCCCCCCCCCCCC)C(CC)C(=O)[O-].[Li+]. The van der Waals surface area contributed by atoms with E-state index in [1.165, 1.54) is 180 Å². The van der Waals surface area contributed by atoms with Crippen molar-refractivity contribution in [1.29, 1.82) is 0 Å². The Kier molecular flexibility index (Phi) is 39.1. The molecule has 0 aromatic heterocycles. The average Bonchev–Trinajstić information content (AvgIpc) is 2.96. The molecule has 1 atom stereocenters. The summed E-state index contributed by atoms with van der Waals surface area (Å²) in [6, 6.07) is -0.409. The molecule has 0 bridgehead atoms. The van der Waals surface area contributed by atoms with Gasteiger partial charge in [0.15, 0.2) is 0 Å². The van der Waals surface area contributed by atoms with Gasteiger partial charge in [0.25, 0.3) is 0 Å². The summed E-state index contributed by atoms with van der Waals surface area (Å²) in [6.45, 7) is 8.41. The van der Waals surface area contributed by atoms with Crippen LogP contribution in [-0.4, -0.2) is 30.0 Å². The van der Waals surface area contributed by atoms with Gasteiger partial charge in [-0.05, 0) is 32.4 Å². The summed E-state index contributed by atoms with van der Waals surface area (Å²) in [5.74, 6) is -0.880. The summed E-state index contributed by atoms with van der Waals surface area (Å²) in [6.07, 6.45) is 41.7. The minimum Gasteiger partial charge on any atom is -0.548 e. The second-order valence-electron chi connectivity index (χ2n) is 13.2. The Hall–Kier alpha value is 0.0274. The largest absolute Gasteiger partial charge is 1.00 e. The predicted octanol–water partition coefficient (Wildman–Crippen LogP) is 8.56. The zero-order valence-electron chi connectivity index (χ0n) is 29.7. The molecule has 0 saturated carbocycles. The number of unbranched alkanes of at least 4 members (excludes halogenated alkanes) is 28. The van der Waals surface area contributed by atoms with Gasteiger partial charge >= 0.3 is 18.9 Å². The monoisotopic (exact) mass is 586 g/mol. The van der Waals surface area contributed by atoms with Crippen molar-refractivity contribution in [2.75, 3.05) is 13.1 Å². The van der Waals surface area contributed by atoms with Crippen LogP contribution in [0.15, 0.2) is 0 Å². The van der Waals surface area contributed by atoms with Gasteiger partial charge in [0.2, 0.25) is 0 Å². The third-order valence-electron chi connectivity index (χ3n) is 9.20. The normalized spacial score (nSPS) is 12.1. The van der Waals surface area contributed by atoms with E-state index in [9.17, 15) is 9.90 Å². The Bertz CT molecular complexity index is 481.